The van der Waals surface area contributed by atoms with Crippen molar-refractivity contribution in [1.82, 2.24) is 0 Å². The van der Waals surface area contributed by atoms with Crippen molar-refractivity contribution in [2.24, 2.45) is 10.7 Å². The minimum atomic E-state index is 0.462. The minimum Gasteiger partial charge on any atom is -0.387 e. The number of aliphatic imine (C=N–C) groups is 1. The van der Waals surface area contributed by atoms with Crippen LogP contribution < -0.4 is 5.73 Å². The number of alkyl halides is 1. The van der Waals surface area contributed by atoms with Gasteiger partial charge in [-0.2, -0.15) is 0 Å². The normalized spacial score (nSPS) is 11.9. The first-order chi connectivity index (χ1) is 6.54. The minimum absolute atomic E-state index is 0.462. The number of aryl methyl sites for hydroxylation is 1. The van der Waals surface area contributed by atoms with Gasteiger partial charge in [-0.15, -0.1) is 11.6 Å². The molecule has 1 aromatic carbocycles. The first kappa shape index (κ1) is 11.8. The van der Waals surface area contributed by atoms with Gasteiger partial charge in [0, 0.05) is 9.45 Å². The molecule has 0 bridgehead atoms. The molecule has 4 heteroatoms. The molecule has 0 saturated heterocycles. The van der Waals surface area contributed by atoms with Gasteiger partial charge in [0.2, 0.25) is 0 Å². The lowest BCUT2D eigenvalue weighted by atomic mass is 10.1. The van der Waals surface area contributed by atoms with Crippen molar-refractivity contribution >= 4 is 45.7 Å². The molecule has 0 amide bonds. The van der Waals surface area contributed by atoms with E-state index in [1.807, 2.05) is 13.0 Å². The molecule has 76 valence electrons. The van der Waals surface area contributed by atoms with Gasteiger partial charge in [0.15, 0.2) is 0 Å². The van der Waals surface area contributed by atoms with Crippen LogP contribution >= 0.6 is 34.2 Å². The molecule has 2 nitrogen and oxygen atoms in total. The van der Waals surface area contributed by atoms with Crippen LogP contribution in [0.1, 0.15) is 18.1 Å². The predicted octanol–water partition coefficient (Wildman–Crippen LogP) is 3.35. The molecule has 0 aromatic heterocycles. The monoisotopic (exact) mass is 322 g/mol. The van der Waals surface area contributed by atoms with Gasteiger partial charge in [0.1, 0.15) is 0 Å². The summed E-state index contributed by atoms with van der Waals surface area (Å²) in [6.07, 6.45) is 0. The molecule has 0 saturated carbocycles. The highest BCUT2D eigenvalue weighted by Crippen LogP contribution is 2.27. The van der Waals surface area contributed by atoms with Crippen molar-refractivity contribution < 1.29 is 0 Å². The molecule has 0 aliphatic heterocycles. The van der Waals surface area contributed by atoms with E-state index in [4.69, 9.17) is 17.3 Å². The van der Waals surface area contributed by atoms with Crippen LogP contribution in [0.5, 0.6) is 0 Å². The van der Waals surface area contributed by atoms with E-state index in [0.717, 1.165) is 16.8 Å². The third kappa shape index (κ3) is 2.85. The molecule has 0 aliphatic carbocycles. The zero-order chi connectivity index (χ0) is 10.7. The van der Waals surface area contributed by atoms with Gasteiger partial charge in [-0.25, -0.2) is 4.99 Å². The predicted molar refractivity (Wildman–Crippen MR) is 70.4 cm³/mol. The summed E-state index contributed by atoms with van der Waals surface area (Å²) in [7, 11) is 0. The lowest BCUT2D eigenvalue weighted by molar-refractivity contribution is 1.28. The number of hydrogen-bond donors (Lipinski definition) is 1. The van der Waals surface area contributed by atoms with E-state index in [0.29, 0.717) is 11.7 Å². The van der Waals surface area contributed by atoms with E-state index in [2.05, 4.69) is 33.6 Å². The highest BCUT2D eigenvalue weighted by atomic mass is 127. The van der Waals surface area contributed by atoms with Gasteiger partial charge in [0.25, 0.3) is 0 Å². The summed E-state index contributed by atoms with van der Waals surface area (Å²) in [6, 6.07) is 4.10. The highest BCUT2D eigenvalue weighted by molar-refractivity contribution is 14.1. The van der Waals surface area contributed by atoms with E-state index in [1.54, 1.807) is 6.92 Å². The van der Waals surface area contributed by atoms with Crippen LogP contribution in [0.25, 0.3) is 0 Å². The number of nitrogens with two attached hydrogens (primary N) is 1. The molecule has 0 unspecified atom stereocenters. The maximum atomic E-state index is 5.85. The van der Waals surface area contributed by atoms with Crippen molar-refractivity contribution in [2.45, 2.75) is 19.7 Å². The first-order valence-corrected chi connectivity index (χ1v) is 5.81. The smallest absolute Gasteiger partial charge is 0.0965 e. The standard InChI is InChI=1S/C10H12ClIN2/c1-6-3-9(12)4-8(5-11)10(6)14-7(2)13/h3-4H,5H2,1-2H3,(H2,13,14). The van der Waals surface area contributed by atoms with Gasteiger partial charge >= 0.3 is 0 Å². The number of benzene rings is 1. The van der Waals surface area contributed by atoms with E-state index >= 15 is 0 Å². The summed E-state index contributed by atoms with van der Waals surface area (Å²) in [4.78, 5) is 4.28. The number of rotatable bonds is 2. The molecular weight excluding hydrogens is 310 g/mol. The molecule has 0 fully saturated rings. The average Bonchev–Trinajstić information content (AvgIpc) is 2.08. The third-order valence-corrected chi connectivity index (χ3v) is 2.69. The van der Waals surface area contributed by atoms with E-state index in [9.17, 15) is 0 Å². The van der Waals surface area contributed by atoms with E-state index in [-0.39, 0.29) is 0 Å². The zero-order valence-electron chi connectivity index (χ0n) is 8.14. The Balaban J connectivity index is 3.32. The Kier molecular flexibility index (Phi) is 4.19. The maximum absolute atomic E-state index is 5.85. The van der Waals surface area contributed by atoms with Crippen LogP contribution in [0.3, 0.4) is 0 Å². The fraction of sp³-hybridized carbons (Fsp3) is 0.300. The lowest BCUT2D eigenvalue weighted by Gasteiger charge is -2.07. The quantitative estimate of drug-likeness (QED) is 0.386. The van der Waals surface area contributed by atoms with Gasteiger partial charge in [-0.3, -0.25) is 0 Å². The second-order valence-electron chi connectivity index (χ2n) is 3.12. The van der Waals surface area contributed by atoms with Crippen molar-refractivity contribution in [1.29, 1.82) is 0 Å². The third-order valence-electron chi connectivity index (χ3n) is 1.78. The number of halogens is 2. The largest absolute Gasteiger partial charge is 0.387 e. The van der Waals surface area contributed by atoms with Crippen LogP contribution in [0.2, 0.25) is 0 Å². The molecule has 1 aromatic rings. The van der Waals surface area contributed by atoms with Crippen LogP contribution in [-0.4, -0.2) is 5.84 Å². The topological polar surface area (TPSA) is 38.4 Å². The molecule has 2 N–H and O–H groups in total. The summed E-state index contributed by atoms with van der Waals surface area (Å²) in [5.41, 5.74) is 8.60. The summed E-state index contributed by atoms with van der Waals surface area (Å²) in [5.74, 6) is 1.02. The van der Waals surface area contributed by atoms with Crippen LogP contribution in [0.15, 0.2) is 17.1 Å². The van der Waals surface area contributed by atoms with Gasteiger partial charge in [0.05, 0.1) is 11.5 Å². The first-order valence-electron chi connectivity index (χ1n) is 4.20. The lowest BCUT2D eigenvalue weighted by Crippen LogP contribution is -2.04. The molecule has 1 rings (SSSR count). The van der Waals surface area contributed by atoms with Crippen molar-refractivity contribution in [2.75, 3.05) is 0 Å². The van der Waals surface area contributed by atoms with E-state index < -0.39 is 0 Å². The second kappa shape index (κ2) is 4.98. The number of hydrogen-bond acceptors (Lipinski definition) is 1. The summed E-state index contributed by atoms with van der Waals surface area (Å²) >= 11 is 8.11. The fourth-order valence-corrected chi connectivity index (χ4v) is 2.29. The Bertz CT molecular complexity index is 371. The van der Waals surface area contributed by atoms with Gasteiger partial charge in [-0.1, -0.05) is 0 Å². The number of amidine groups is 1. The van der Waals surface area contributed by atoms with Crippen molar-refractivity contribution in [3.8, 4) is 0 Å². The molecule has 0 radical (unpaired) electrons. The van der Waals surface area contributed by atoms with E-state index in [1.165, 1.54) is 3.57 Å². The van der Waals surface area contributed by atoms with Crippen molar-refractivity contribution in [3.63, 3.8) is 0 Å². The SMILES string of the molecule is C/C(N)=N/c1c(C)cc(I)cc1CCl. The number of nitrogens with zero attached hydrogens (tertiary/aromatic N) is 1. The Morgan fingerprint density at radius 1 is 1.57 bits per heavy atom. The summed E-state index contributed by atoms with van der Waals surface area (Å²) in [5, 5.41) is 0. The van der Waals surface area contributed by atoms with Crippen LogP contribution in [0.4, 0.5) is 5.69 Å². The van der Waals surface area contributed by atoms with Gasteiger partial charge in [-0.05, 0) is 59.7 Å². The molecule has 0 heterocycles. The average molecular weight is 323 g/mol. The Labute approximate surface area is 103 Å². The fourth-order valence-electron chi connectivity index (χ4n) is 1.24. The van der Waals surface area contributed by atoms with Gasteiger partial charge < -0.3 is 5.73 Å². The molecular formula is C10H12ClIN2. The zero-order valence-corrected chi connectivity index (χ0v) is 11.1. The highest BCUT2D eigenvalue weighted by Gasteiger charge is 2.05. The maximum Gasteiger partial charge on any atom is 0.0965 e. The summed E-state index contributed by atoms with van der Waals surface area (Å²) in [6.45, 7) is 3.79. The molecule has 14 heavy (non-hydrogen) atoms. The second-order valence-corrected chi connectivity index (χ2v) is 4.63. The van der Waals surface area contributed by atoms with Crippen molar-refractivity contribution in [3.05, 3.63) is 26.8 Å². The molecule has 0 spiro atoms. The summed E-state index contributed by atoms with van der Waals surface area (Å²) < 4.78 is 1.17. The Morgan fingerprint density at radius 2 is 2.21 bits per heavy atom. The van der Waals surface area contributed by atoms with Crippen LogP contribution in [0, 0.1) is 10.5 Å². The Morgan fingerprint density at radius 3 is 2.71 bits per heavy atom. The molecule has 0 atom stereocenters. The molecule has 0 aliphatic rings. The Hall–Kier alpha value is -0.290. The van der Waals surface area contributed by atoms with Crippen LogP contribution in [-0.2, 0) is 5.88 Å².